The Kier molecular flexibility index (Phi) is 3.02. The van der Waals surface area contributed by atoms with Gasteiger partial charge in [-0.3, -0.25) is 4.79 Å². The molecule has 2 N–H and O–H groups in total. The van der Waals surface area contributed by atoms with Gasteiger partial charge in [-0.15, -0.1) is 11.3 Å². The number of nitrogens with one attached hydrogen (secondary N) is 1. The van der Waals surface area contributed by atoms with Crippen molar-refractivity contribution in [1.29, 1.82) is 0 Å². The molecule has 0 aliphatic heterocycles. The summed E-state index contributed by atoms with van der Waals surface area (Å²) in [5.41, 5.74) is 1.04. The Morgan fingerprint density at radius 3 is 2.96 bits per heavy atom. The van der Waals surface area contributed by atoms with Crippen molar-refractivity contribution in [2.24, 2.45) is 0 Å². The maximum absolute atomic E-state index is 12.3. The maximum atomic E-state index is 12.3. The number of pyridine rings is 1. The maximum Gasteiger partial charge on any atom is 0.267 e. The largest absolute Gasteiger partial charge is 0.506 e. The molecule has 0 saturated heterocycles. The molecule has 0 aliphatic carbocycles. The second kappa shape index (κ2) is 5.06. The van der Waals surface area contributed by atoms with Crippen molar-refractivity contribution < 1.29 is 9.63 Å². The Labute approximate surface area is 134 Å². The summed E-state index contributed by atoms with van der Waals surface area (Å²) in [6, 6.07) is 9.13. The monoisotopic (exact) mass is 325 g/mol. The third-order valence-electron chi connectivity index (χ3n) is 3.52. The highest BCUT2D eigenvalue weighted by molar-refractivity contribution is 7.13. The van der Waals surface area contributed by atoms with Gasteiger partial charge >= 0.3 is 0 Å². The van der Waals surface area contributed by atoms with Crippen LogP contribution in [0, 0.1) is 6.92 Å². The first-order valence-electron chi connectivity index (χ1n) is 6.87. The zero-order valence-electron chi connectivity index (χ0n) is 12.0. The molecule has 0 radical (unpaired) electrons. The highest BCUT2D eigenvalue weighted by Gasteiger charge is 2.20. The van der Waals surface area contributed by atoms with Crippen molar-refractivity contribution in [1.82, 2.24) is 15.1 Å². The van der Waals surface area contributed by atoms with Crippen LogP contribution in [0.2, 0.25) is 0 Å². The van der Waals surface area contributed by atoms with Gasteiger partial charge in [-0.2, -0.15) is 4.98 Å². The number of nitrogens with zero attached hydrogens (tertiary/aromatic N) is 2. The van der Waals surface area contributed by atoms with Crippen molar-refractivity contribution in [2.45, 2.75) is 6.92 Å². The van der Waals surface area contributed by atoms with Crippen LogP contribution in [0.1, 0.15) is 5.56 Å². The Morgan fingerprint density at radius 2 is 2.17 bits per heavy atom. The summed E-state index contributed by atoms with van der Waals surface area (Å²) >= 11 is 1.46. The third kappa shape index (κ3) is 2.22. The van der Waals surface area contributed by atoms with E-state index in [-0.39, 0.29) is 17.2 Å². The smallest absolute Gasteiger partial charge is 0.267 e. The highest BCUT2D eigenvalue weighted by atomic mass is 32.1. The number of aromatic nitrogens is 3. The van der Waals surface area contributed by atoms with Crippen molar-refractivity contribution in [3.63, 3.8) is 0 Å². The minimum absolute atomic E-state index is 0.00411. The van der Waals surface area contributed by atoms with Crippen LogP contribution in [0.3, 0.4) is 0 Å². The number of benzene rings is 1. The van der Waals surface area contributed by atoms with Crippen molar-refractivity contribution in [3.8, 4) is 27.9 Å². The normalized spacial score (nSPS) is 11.2. The number of rotatable bonds is 2. The number of aryl methyl sites for hydroxylation is 1. The third-order valence-corrected chi connectivity index (χ3v) is 4.39. The van der Waals surface area contributed by atoms with Crippen LogP contribution in [0.15, 0.2) is 45.0 Å². The molecule has 23 heavy (non-hydrogen) atoms. The fraction of sp³-hybridized carbons (Fsp3) is 0.0625. The van der Waals surface area contributed by atoms with E-state index in [0.717, 1.165) is 10.4 Å². The average molecular weight is 325 g/mol. The number of hydrogen-bond donors (Lipinski definition) is 2. The van der Waals surface area contributed by atoms with Gasteiger partial charge in [0.05, 0.1) is 10.4 Å². The van der Waals surface area contributed by atoms with Gasteiger partial charge in [-0.25, -0.2) is 0 Å². The van der Waals surface area contributed by atoms with Gasteiger partial charge in [0, 0.05) is 5.39 Å². The molecular weight excluding hydrogens is 314 g/mol. The van der Waals surface area contributed by atoms with Gasteiger partial charge in [-0.1, -0.05) is 22.9 Å². The molecule has 0 unspecified atom stereocenters. The van der Waals surface area contributed by atoms with Gasteiger partial charge in [0.1, 0.15) is 11.3 Å². The highest BCUT2D eigenvalue weighted by Crippen LogP contribution is 2.33. The Bertz CT molecular complexity index is 1060. The molecule has 0 atom stereocenters. The molecule has 0 spiro atoms. The molecule has 0 amide bonds. The summed E-state index contributed by atoms with van der Waals surface area (Å²) in [5, 5.41) is 16.8. The summed E-state index contributed by atoms with van der Waals surface area (Å²) in [7, 11) is 0. The van der Waals surface area contributed by atoms with Crippen molar-refractivity contribution in [2.75, 3.05) is 0 Å². The fourth-order valence-electron chi connectivity index (χ4n) is 2.42. The molecule has 3 heterocycles. The van der Waals surface area contributed by atoms with Crippen LogP contribution in [0.25, 0.3) is 33.1 Å². The SMILES string of the molecule is Cc1ccc2[nH]c(=O)c(-c3nc(-c4cccs4)no3)c(O)c2c1. The summed E-state index contributed by atoms with van der Waals surface area (Å²) < 4.78 is 5.18. The van der Waals surface area contributed by atoms with E-state index in [1.54, 1.807) is 12.1 Å². The summed E-state index contributed by atoms with van der Waals surface area (Å²) in [6.45, 7) is 1.91. The first-order chi connectivity index (χ1) is 11.1. The topological polar surface area (TPSA) is 92.0 Å². The number of thiophene rings is 1. The van der Waals surface area contributed by atoms with Crippen LogP contribution in [0.4, 0.5) is 0 Å². The molecule has 4 rings (SSSR count). The molecule has 0 fully saturated rings. The van der Waals surface area contributed by atoms with Gasteiger partial charge in [0.2, 0.25) is 5.82 Å². The second-order valence-electron chi connectivity index (χ2n) is 5.13. The van der Waals surface area contributed by atoms with E-state index in [1.165, 1.54) is 11.3 Å². The minimum atomic E-state index is -0.472. The van der Waals surface area contributed by atoms with E-state index >= 15 is 0 Å². The van der Waals surface area contributed by atoms with Crippen LogP contribution in [0.5, 0.6) is 5.75 Å². The predicted molar refractivity (Wildman–Crippen MR) is 87.6 cm³/mol. The zero-order valence-corrected chi connectivity index (χ0v) is 12.8. The lowest BCUT2D eigenvalue weighted by atomic mass is 10.1. The predicted octanol–water partition coefficient (Wildman–Crippen LogP) is 3.32. The summed E-state index contributed by atoms with van der Waals surface area (Å²) in [6.07, 6.45) is 0. The fourth-order valence-corrected chi connectivity index (χ4v) is 3.07. The standard InChI is InChI=1S/C16H11N3O3S/c1-8-4-5-10-9(7-8)13(20)12(15(21)17-10)16-18-14(19-22-16)11-3-2-6-23-11/h2-7H,1H3,(H2,17,20,21). The van der Waals surface area contributed by atoms with Gasteiger partial charge in [0.25, 0.3) is 11.4 Å². The molecule has 4 aromatic rings. The quantitative estimate of drug-likeness (QED) is 0.590. The van der Waals surface area contributed by atoms with E-state index in [4.69, 9.17) is 4.52 Å². The lowest BCUT2D eigenvalue weighted by molar-refractivity contribution is 0.426. The molecule has 114 valence electrons. The second-order valence-corrected chi connectivity index (χ2v) is 6.07. The number of hydrogen-bond acceptors (Lipinski definition) is 6. The van der Waals surface area contributed by atoms with E-state index in [9.17, 15) is 9.90 Å². The van der Waals surface area contributed by atoms with Crippen molar-refractivity contribution in [3.05, 3.63) is 51.6 Å². The van der Waals surface area contributed by atoms with E-state index in [2.05, 4.69) is 15.1 Å². The van der Waals surface area contributed by atoms with E-state index < -0.39 is 5.56 Å². The van der Waals surface area contributed by atoms with E-state index in [0.29, 0.717) is 16.7 Å². The number of fused-ring (bicyclic) bond motifs is 1. The van der Waals surface area contributed by atoms with Gasteiger partial charge in [0.15, 0.2) is 0 Å². The van der Waals surface area contributed by atoms with Gasteiger partial charge in [-0.05, 0) is 30.5 Å². The van der Waals surface area contributed by atoms with Crippen LogP contribution >= 0.6 is 11.3 Å². The summed E-state index contributed by atoms with van der Waals surface area (Å²) in [4.78, 5) is 20.1. The molecule has 0 aliphatic rings. The van der Waals surface area contributed by atoms with Crippen LogP contribution < -0.4 is 5.56 Å². The first-order valence-corrected chi connectivity index (χ1v) is 7.75. The lowest BCUT2D eigenvalue weighted by Crippen LogP contribution is -2.09. The first kappa shape index (κ1) is 13.7. The molecule has 0 saturated carbocycles. The molecule has 1 aromatic carbocycles. The average Bonchev–Trinajstić information content (AvgIpc) is 3.19. The number of aromatic hydroxyl groups is 1. The van der Waals surface area contributed by atoms with Crippen molar-refractivity contribution >= 4 is 22.2 Å². The Balaban J connectivity index is 1.94. The molecule has 3 aromatic heterocycles. The molecular formula is C16H11N3O3S. The summed E-state index contributed by atoms with van der Waals surface area (Å²) in [5.74, 6) is 0.225. The minimum Gasteiger partial charge on any atom is -0.506 e. The molecule has 7 heteroatoms. The van der Waals surface area contributed by atoms with Crippen LogP contribution in [-0.2, 0) is 0 Å². The van der Waals surface area contributed by atoms with Gasteiger partial charge < -0.3 is 14.6 Å². The van der Waals surface area contributed by atoms with E-state index in [1.807, 2.05) is 30.5 Å². The zero-order chi connectivity index (χ0) is 16.0. The molecule has 0 bridgehead atoms. The number of aromatic amines is 1. The lowest BCUT2D eigenvalue weighted by Gasteiger charge is -2.05. The van der Waals surface area contributed by atoms with Crippen LogP contribution in [-0.4, -0.2) is 20.2 Å². The molecule has 6 nitrogen and oxygen atoms in total. The Hall–Kier alpha value is -2.93. The number of H-pyrrole nitrogens is 1. The Morgan fingerprint density at radius 1 is 1.30 bits per heavy atom.